The standard InChI is InChI=1S/C8H4F2O.2C6H6O/c9-7-5-3-1-2-4-6(5)11-8(7)10;2*7-6-4-2-1-3-5-6/h1-4H;2*1-5,7H. The topological polar surface area (TPSA) is 53.6 Å². The number of para-hydroxylation sites is 3. The number of aromatic hydroxyl groups is 2. The van der Waals surface area contributed by atoms with E-state index in [0.717, 1.165) is 0 Å². The number of phenolic OH excluding ortho intramolecular Hbond substituents is 2. The van der Waals surface area contributed by atoms with E-state index in [9.17, 15) is 8.78 Å². The zero-order chi connectivity index (χ0) is 18.1. The molecular formula is C20H16F2O3. The molecule has 0 atom stereocenters. The van der Waals surface area contributed by atoms with Crippen molar-refractivity contribution in [1.82, 2.24) is 0 Å². The Kier molecular flexibility index (Phi) is 6.54. The summed E-state index contributed by atoms with van der Waals surface area (Å²) in [5.74, 6) is -0.273. The maximum atomic E-state index is 12.7. The fourth-order valence-electron chi connectivity index (χ4n) is 1.84. The van der Waals surface area contributed by atoms with E-state index in [-0.39, 0.29) is 11.0 Å². The van der Waals surface area contributed by atoms with Crippen molar-refractivity contribution in [3.05, 3.63) is 96.8 Å². The lowest BCUT2D eigenvalue weighted by Crippen LogP contribution is -1.70. The van der Waals surface area contributed by atoms with E-state index in [1.807, 2.05) is 12.1 Å². The summed E-state index contributed by atoms with van der Waals surface area (Å²) in [6.07, 6.45) is 0. The van der Waals surface area contributed by atoms with Crippen molar-refractivity contribution < 1.29 is 23.4 Å². The molecule has 0 bridgehead atoms. The molecule has 0 amide bonds. The second-order valence-corrected chi connectivity index (χ2v) is 4.86. The molecule has 0 aliphatic rings. The summed E-state index contributed by atoms with van der Waals surface area (Å²) < 4.78 is 29.5. The Labute approximate surface area is 143 Å². The van der Waals surface area contributed by atoms with Crippen molar-refractivity contribution in [2.45, 2.75) is 0 Å². The van der Waals surface area contributed by atoms with Crippen LogP contribution in [0.15, 0.2) is 89.3 Å². The molecule has 1 aromatic heterocycles. The quantitative estimate of drug-likeness (QED) is 0.444. The van der Waals surface area contributed by atoms with Crippen LogP contribution in [0.25, 0.3) is 11.0 Å². The first-order chi connectivity index (χ1) is 12.1. The van der Waals surface area contributed by atoms with Gasteiger partial charge in [-0.05, 0) is 36.4 Å². The first-order valence-corrected chi connectivity index (χ1v) is 7.38. The van der Waals surface area contributed by atoms with Crippen LogP contribution in [0.4, 0.5) is 8.78 Å². The minimum Gasteiger partial charge on any atom is -0.508 e. The Morgan fingerprint density at radius 3 is 1.44 bits per heavy atom. The average Bonchev–Trinajstić information content (AvgIpc) is 2.92. The number of phenols is 2. The highest BCUT2D eigenvalue weighted by atomic mass is 19.2. The highest BCUT2D eigenvalue weighted by molar-refractivity contribution is 5.77. The summed E-state index contributed by atoms with van der Waals surface area (Å²) in [5, 5.41) is 17.4. The lowest BCUT2D eigenvalue weighted by Gasteiger charge is -1.82. The molecular weight excluding hydrogens is 326 g/mol. The number of hydrogen-bond acceptors (Lipinski definition) is 3. The molecule has 0 saturated heterocycles. The van der Waals surface area contributed by atoms with Gasteiger partial charge in [0.15, 0.2) is 0 Å². The summed E-state index contributed by atoms with van der Waals surface area (Å²) in [7, 11) is 0. The Bertz CT molecular complexity index is 853. The third-order valence-corrected chi connectivity index (χ3v) is 3.01. The van der Waals surface area contributed by atoms with Crippen LogP contribution in [0.5, 0.6) is 11.5 Å². The Morgan fingerprint density at radius 1 is 0.600 bits per heavy atom. The van der Waals surface area contributed by atoms with Crippen molar-refractivity contribution in [2.75, 3.05) is 0 Å². The molecule has 0 spiro atoms. The van der Waals surface area contributed by atoms with Gasteiger partial charge in [-0.1, -0.05) is 48.5 Å². The second kappa shape index (κ2) is 9.08. The van der Waals surface area contributed by atoms with Crippen molar-refractivity contribution in [3.8, 4) is 11.5 Å². The Balaban J connectivity index is 0.000000142. The fourth-order valence-corrected chi connectivity index (χ4v) is 1.84. The maximum Gasteiger partial charge on any atom is 0.315 e. The van der Waals surface area contributed by atoms with E-state index in [1.165, 1.54) is 12.1 Å². The van der Waals surface area contributed by atoms with Gasteiger partial charge in [0.1, 0.15) is 17.1 Å². The zero-order valence-corrected chi connectivity index (χ0v) is 13.1. The van der Waals surface area contributed by atoms with Crippen LogP contribution in [-0.2, 0) is 0 Å². The van der Waals surface area contributed by atoms with Gasteiger partial charge in [-0.25, -0.2) is 0 Å². The van der Waals surface area contributed by atoms with E-state index in [1.54, 1.807) is 60.7 Å². The molecule has 0 fully saturated rings. The molecule has 128 valence electrons. The van der Waals surface area contributed by atoms with E-state index < -0.39 is 11.8 Å². The van der Waals surface area contributed by atoms with Crippen LogP contribution >= 0.6 is 0 Å². The number of rotatable bonds is 0. The van der Waals surface area contributed by atoms with Crippen LogP contribution in [0, 0.1) is 11.8 Å². The molecule has 0 unspecified atom stereocenters. The third-order valence-electron chi connectivity index (χ3n) is 3.01. The van der Waals surface area contributed by atoms with E-state index in [2.05, 4.69) is 4.42 Å². The molecule has 0 aliphatic carbocycles. The summed E-state index contributed by atoms with van der Waals surface area (Å²) in [6.45, 7) is 0. The molecule has 3 aromatic carbocycles. The maximum absolute atomic E-state index is 12.7. The molecule has 4 aromatic rings. The van der Waals surface area contributed by atoms with Crippen LogP contribution < -0.4 is 0 Å². The Hall–Kier alpha value is -3.34. The lowest BCUT2D eigenvalue weighted by atomic mass is 10.2. The summed E-state index contributed by atoms with van der Waals surface area (Å²) in [6, 6.07) is 22.5. The number of halogens is 2. The van der Waals surface area contributed by atoms with Gasteiger partial charge in [0, 0.05) is 0 Å². The SMILES string of the molecule is Fc1oc2ccccc2c1F.Oc1ccccc1.Oc1ccccc1. The largest absolute Gasteiger partial charge is 0.508 e. The van der Waals surface area contributed by atoms with Gasteiger partial charge in [0.25, 0.3) is 0 Å². The molecule has 0 aliphatic heterocycles. The summed E-state index contributed by atoms with van der Waals surface area (Å²) in [4.78, 5) is 0. The van der Waals surface area contributed by atoms with Crippen LogP contribution in [-0.4, -0.2) is 10.2 Å². The second-order valence-electron chi connectivity index (χ2n) is 4.86. The first-order valence-electron chi connectivity index (χ1n) is 7.38. The summed E-state index contributed by atoms with van der Waals surface area (Å²) in [5.41, 5.74) is 0.238. The van der Waals surface area contributed by atoms with Gasteiger partial charge < -0.3 is 14.6 Å². The lowest BCUT2D eigenvalue weighted by molar-refractivity contribution is 0.343. The van der Waals surface area contributed by atoms with Gasteiger partial charge in [0.2, 0.25) is 5.82 Å². The smallest absolute Gasteiger partial charge is 0.315 e. The van der Waals surface area contributed by atoms with Crippen molar-refractivity contribution in [1.29, 1.82) is 0 Å². The third kappa shape index (κ3) is 5.66. The molecule has 4 rings (SSSR count). The normalized spacial score (nSPS) is 9.52. The number of benzene rings is 3. The number of fused-ring (bicyclic) bond motifs is 1. The minimum atomic E-state index is -1.15. The Morgan fingerprint density at radius 2 is 1.04 bits per heavy atom. The highest BCUT2D eigenvalue weighted by Crippen LogP contribution is 2.22. The molecule has 2 N–H and O–H groups in total. The van der Waals surface area contributed by atoms with E-state index in [0.29, 0.717) is 11.5 Å². The molecule has 1 heterocycles. The summed E-state index contributed by atoms with van der Waals surface area (Å²) >= 11 is 0. The van der Waals surface area contributed by atoms with Crippen molar-refractivity contribution in [2.24, 2.45) is 0 Å². The van der Waals surface area contributed by atoms with Crippen molar-refractivity contribution in [3.63, 3.8) is 0 Å². The van der Waals surface area contributed by atoms with Gasteiger partial charge in [-0.3, -0.25) is 0 Å². The van der Waals surface area contributed by atoms with Gasteiger partial charge in [-0.15, -0.1) is 0 Å². The van der Waals surface area contributed by atoms with E-state index >= 15 is 0 Å². The fraction of sp³-hybridized carbons (Fsp3) is 0. The first kappa shape index (κ1) is 18.0. The van der Waals surface area contributed by atoms with Crippen molar-refractivity contribution >= 4 is 11.0 Å². The molecule has 25 heavy (non-hydrogen) atoms. The average molecular weight is 342 g/mol. The number of hydrogen-bond donors (Lipinski definition) is 2. The molecule has 3 nitrogen and oxygen atoms in total. The van der Waals surface area contributed by atoms with Gasteiger partial charge in [0.05, 0.1) is 5.39 Å². The van der Waals surface area contributed by atoms with Crippen LogP contribution in [0.3, 0.4) is 0 Å². The highest BCUT2D eigenvalue weighted by Gasteiger charge is 2.11. The molecule has 5 heteroatoms. The van der Waals surface area contributed by atoms with Crippen LogP contribution in [0.2, 0.25) is 0 Å². The predicted molar refractivity (Wildman–Crippen MR) is 92.3 cm³/mol. The zero-order valence-electron chi connectivity index (χ0n) is 13.1. The van der Waals surface area contributed by atoms with Gasteiger partial charge >= 0.3 is 6.01 Å². The van der Waals surface area contributed by atoms with Crippen LogP contribution in [0.1, 0.15) is 0 Å². The van der Waals surface area contributed by atoms with E-state index in [4.69, 9.17) is 10.2 Å². The molecule has 0 saturated carbocycles. The minimum absolute atomic E-state index is 0.185. The predicted octanol–water partition coefficient (Wildman–Crippen LogP) is 5.50. The monoisotopic (exact) mass is 342 g/mol. The van der Waals surface area contributed by atoms with Gasteiger partial charge in [-0.2, -0.15) is 8.78 Å². The molecule has 0 radical (unpaired) electrons. The number of furan rings is 1.